The lowest BCUT2D eigenvalue weighted by Crippen LogP contribution is -2.11. The topological polar surface area (TPSA) is 67.3 Å². The summed E-state index contributed by atoms with van der Waals surface area (Å²) in [5.41, 5.74) is 0.628. The van der Waals surface area contributed by atoms with Crippen molar-refractivity contribution in [2.24, 2.45) is 5.92 Å². The molecular formula is C11H13NO3. The molecule has 0 saturated carbocycles. The van der Waals surface area contributed by atoms with E-state index >= 15 is 0 Å². The maximum atomic E-state index is 11.5. The van der Waals surface area contributed by atoms with Gasteiger partial charge in [0.15, 0.2) is 6.29 Å². The predicted octanol–water partition coefficient (Wildman–Crippen LogP) is 1.37. The number of pyridine rings is 1. The second kappa shape index (κ2) is 4.68. The van der Waals surface area contributed by atoms with Crippen molar-refractivity contribution in [2.45, 2.75) is 20.3 Å². The molecule has 1 N–H and O–H groups in total. The van der Waals surface area contributed by atoms with Crippen LogP contribution in [0.1, 0.15) is 29.8 Å². The molecule has 0 bridgehead atoms. The standard InChI is InChI=1S/C11H13NO3/c1-7(2)10(14)3-8-4-12-5-11(15)9(8)6-13/h4-7,15H,3H2,1-2H3. The van der Waals surface area contributed by atoms with Crippen molar-refractivity contribution < 1.29 is 14.7 Å². The van der Waals surface area contributed by atoms with E-state index in [4.69, 9.17) is 0 Å². The second-order valence-electron chi connectivity index (χ2n) is 3.65. The van der Waals surface area contributed by atoms with Crippen LogP contribution < -0.4 is 0 Å². The highest BCUT2D eigenvalue weighted by molar-refractivity contribution is 5.87. The fraction of sp³-hybridized carbons (Fsp3) is 0.364. The van der Waals surface area contributed by atoms with Crippen LogP contribution in [0.3, 0.4) is 0 Å². The number of aromatic hydroxyl groups is 1. The summed E-state index contributed by atoms with van der Waals surface area (Å²) in [4.78, 5) is 25.9. The molecule has 1 aromatic rings. The molecule has 0 atom stereocenters. The number of carbonyl (C=O) groups is 2. The maximum absolute atomic E-state index is 11.5. The van der Waals surface area contributed by atoms with Crippen LogP contribution in [0.25, 0.3) is 0 Å². The lowest BCUT2D eigenvalue weighted by Gasteiger charge is -2.06. The van der Waals surface area contributed by atoms with Gasteiger partial charge in [-0.1, -0.05) is 13.8 Å². The zero-order chi connectivity index (χ0) is 11.4. The number of carbonyl (C=O) groups excluding carboxylic acids is 2. The first kappa shape index (κ1) is 11.4. The Morgan fingerprint density at radius 1 is 1.53 bits per heavy atom. The number of Topliss-reactive ketones (excluding diaryl/α,β-unsaturated/α-hetero) is 1. The van der Waals surface area contributed by atoms with E-state index in [1.807, 2.05) is 0 Å². The van der Waals surface area contributed by atoms with E-state index in [0.29, 0.717) is 11.8 Å². The van der Waals surface area contributed by atoms with Gasteiger partial charge >= 0.3 is 0 Å². The second-order valence-corrected chi connectivity index (χ2v) is 3.65. The molecule has 0 aliphatic heterocycles. The van der Waals surface area contributed by atoms with Gasteiger partial charge in [0.1, 0.15) is 11.5 Å². The van der Waals surface area contributed by atoms with Crippen molar-refractivity contribution in [2.75, 3.05) is 0 Å². The van der Waals surface area contributed by atoms with Crippen molar-refractivity contribution in [3.8, 4) is 5.75 Å². The van der Waals surface area contributed by atoms with Crippen molar-refractivity contribution in [3.05, 3.63) is 23.5 Å². The first-order chi connectivity index (χ1) is 7.06. The molecule has 15 heavy (non-hydrogen) atoms. The Kier molecular flexibility index (Phi) is 3.55. The molecule has 0 aliphatic rings. The summed E-state index contributed by atoms with van der Waals surface area (Å²) < 4.78 is 0. The maximum Gasteiger partial charge on any atom is 0.154 e. The van der Waals surface area contributed by atoms with Crippen LogP contribution in [0.15, 0.2) is 12.4 Å². The first-order valence-corrected chi connectivity index (χ1v) is 4.70. The van der Waals surface area contributed by atoms with E-state index in [9.17, 15) is 14.7 Å². The Hall–Kier alpha value is -1.71. The molecule has 0 aliphatic carbocycles. The Morgan fingerprint density at radius 2 is 2.20 bits per heavy atom. The van der Waals surface area contributed by atoms with Gasteiger partial charge in [-0.05, 0) is 5.56 Å². The van der Waals surface area contributed by atoms with Crippen molar-refractivity contribution >= 4 is 12.1 Å². The molecular weight excluding hydrogens is 194 g/mol. The molecule has 0 spiro atoms. The summed E-state index contributed by atoms with van der Waals surface area (Å²) in [5.74, 6) is -0.253. The third-order valence-electron chi connectivity index (χ3n) is 2.18. The zero-order valence-corrected chi connectivity index (χ0v) is 8.73. The molecule has 1 aromatic heterocycles. The molecule has 4 nitrogen and oxygen atoms in total. The number of hydrogen-bond acceptors (Lipinski definition) is 4. The SMILES string of the molecule is CC(C)C(=O)Cc1cncc(O)c1C=O. The molecule has 0 saturated heterocycles. The fourth-order valence-electron chi connectivity index (χ4n) is 1.17. The van der Waals surface area contributed by atoms with E-state index in [-0.39, 0.29) is 29.4 Å². The average molecular weight is 207 g/mol. The van der Waals surface area contributed by atoms with E-state index in [0.717, 1.165) is 0 Å². The van der Waals surface area contributed by atoms with Crippen molar-refractivity contribution in [1.29, 1.82) is 0 Å². The molecule has 0 aromatic carbocycles. The summed E-state index contributed by atoms with van der Waals surface area (Å²) in [5, 5.41) is 9.34. The third kappa shape index (κ3) is 2.62. The lowest BCUT2D eigenvalue weighted by molar-refractivity contribution is -0.121. The molecule has 0 fully saturated rings. The van der Waals surface area contributed by atoms with Gasteiger partial charge in [0, 0.05) is 18.5 Å². The highest BCUT2D eigenvalue weighted by Gasteiger charge is 2.13. The first-order valence-electron chi connectivity index (χ1n) is 4.70. The number of aromatic nitrogens is 1. The minimum absolute atomic E-state index is 0.0190. The highest BCUT2D eigenvalue weighted by Crippen LogP contribution is 2.18. The Bertz CT molecular complexity index is 385. The average Bonchev–Trinajstić information content (AvgIpc) is 2.18. The van der Waals surface area contributed by atoms with Crippen LogP contribution in [0, 0.1) is 5.92 Å². The van der Waals surface area contributed by atoms with Gasteiger partial charge in [0.25, 0.3) is 0 Å². The zero-order valence-electron chi connectivity index (χ0n) is 8.73. The summed E-state index contributed by atoms with van der Waals surface area (Å²) in [7, 11) is 0. The molecule has 80 valence electrons. The normalized spacial score (nSPS) is 10.3. The van der Waals surface area contributed by atoms with Crippen molar-refractivity contribution in [1.82, 2.24) is 4.98 Å². The number of nitrogens with zero attached hydrogens (tertiary/aromatic N) is 1. The van der Waals surface area contributed by atoms with Gasteiger partial charge in [0.2, 0.25) is 0 Å². The van der Waals surface area contributed by atoms with E-state index in [1.165, 1.54) is 12.4 Å². The minimum atomic E-state index is -0.181. The van der Waals surface area contributed by atoms with Crippen LogP contribution in [0.5, 0.6) is 5.75 Å². The molecule has 0 unspecified atom stereocenters. The van der Waals surface area contributed by atoms with E-state index < -0.39 is 0 Å². The Balaban J connectivity index is 2.99. The van der Waals surface area contributed by atoms with Gasteiger partial charge in [-0.2, -0.15) is 0 Å². The van der Waals surface area contributed by atoms with Gasteiger partial charge < -0.3 is 5.11 Å². The summed E-state index contributed by atoms with van der Waals surface area (Å²) in [6.07, 6.45) is 3.30. The molecule has 0 amide bonds. The molecule has 0 radical (unpaired) electrons. The van der Waals surface area contributed by atoms with E-state index in [2.05, 4.69) is 4.98 Å². The number of aldehydes is 1. The Labute approximate surface area is 88.0 Å². The number of ketones is 1. The fourth-order valence-corrected chi connectivity index (χ4v) is 1.17. The van der Waals surface area contributed by atoms with Crippen LogP contribution in [-0.4, -0.2) is 22.2 Å². The summed E-state index contributed by atoms with van der Waals surface area (Å²) in [6.45, 7) is 3.58. The summed E-state index contributed by atoms with van der Waals surface area (Å²) in [6, 6.07) is 0. The minimum Gasteiger partial charge on any atom is -0.506 e. The van der Waals surface area contributed by atoms with Gasteiger partial charge in [-0.25, -0.2) is 0 Å². The van der Waals surface area contributed by atoms with Gasteiger partial charge in [0.05, 0.1) is 11.8 Å². The van der Waals surface area contributed by atoms with Crippen LogP contribution in [-0.2, 0) is 11.2 Å². The third-order valence-corrected chi connectivity index (χ3v) is 2.18. The highest BCUT2D eigenvalue weighted by atomic mass is 16.3. The largest absolute Gasteiger partial charge is 0.506 e. The smallest absolute Gasteiger partial charge is 0.154 e. The molecule has 4 heteroatoms. The van der Waals surface area contributed by atoms with E-state index in [1.54, 1.807) is 13.8 Å². The lowest BCUT2D eigenvalue weighted by atomic mass is 9.99. The molecule has 1 heterocycles. The van der Waals surface area contributed by atoms with Gasteiger partial charge in [-0.3, -0.25) is 14.6 Å². The van der Waals surface area contributed by atoms with Crippen LogP contribution >= 0.6 is 0 Å². The summed E-state index contributed by atoms with van der Waals surface area (Å²) >= 11 is 0. The van der Waals surface area contributed by atoms with Gasteiger partial charge in [-0.15, -0.1) is 0 Å². The quantitative estimate of drug-likeness (QED) is 0.757. The van der Waals surface area contributed by atoms with Crippen LogP contribution in [0.4, 0.5) is 0 Å². The predicted molar refractivity (Wildman–Crippen MR) is 54.8 cm³/mol. The van der Waals surface area contributed by atoms with Crippen molar-refractivity contribution in [3.63, 3.8) is 0 Å². The Morgan fingerprint density at radius 3 is 2.73 bits per heavy atom. The number of rotatable bonds is 4. The number of hydrogen-bond donors (Lipinski definition) is 1. The molecule has 1 rings (SSSR count). The van der Waals surface area contributed by atoms with Crippen LogP contribution in [0.2, 0.25) is 0 Å². The monoisotopic (exact) mass is 207 g/mol.